The van der Waals surface area contributed by atoms with E-state index in [-0.39, 0.29) is 5.41 Å². The molecule has 6 atom stereocenters. The third-order valence-corrected chi connectivity index (χ3v) is 7.91. The summed E-state index contributed by atoms with van der Waals surface area (Å²) in [5, 5.41) is 0. The molecule has 6 heteroatoms. The summed E-state index contributed by atoms with van der Waals surface area (Å²) >= 11 is 0. The molecule has 6 aliphatic rings. The Morgan fingerprint density at radius 3 is 2.75 bits per heavy atom. The van der Waals surface area contributed by atoms with Crippen LogP contribution in [0.4, 0.5) is 5.69 Å². The van der Waals surface area contributed by atoms with Gasteiger partial charge in [-0.1, -0.05) is 11.6 Å². The van der Waals surface area contributed by atoms with E-state index in [0.29, 0.717) is 29.7 Å². The minimum atomic E-state index is -0.268. The summed E-state index contributed by atoms with van der Waals surface area (Å²) < 4.78 is 23.7. The molecule has 6 aliphatic heterocycles. The van der Waals surface area contributed by atoms with Crippen molar-refractivity contribution < 1.29 is 18.9 Å². The van der Waals surface area contributed by atoms with E-state index < -0.39 is 0 Å². The van der Waals surface area contributed by atoms with Crippen molar-refractivity contribution >= 4 is 11.6 Å². The van der Waals surface area contributed by atoms with Crippen LogP contribution in [0.5, 0.6) is 17.2 Å². The Morgan fingerprint density at radius 2 is 2.04 bits per heavy atom. The lowest BCUT2D eigenvalue weighted by atomic mass is 9.68. The number of allylic oxidation sites excluding steroid dienone is 1. The van der Waals surface area contributed by atoms with Crippen molar-refractivity contribution in [1.29, 1.82) is 0 Å². The molecule has 2 unspecified atom stereocenters. The molecule has 1 aromatic rings. The molecule has 5 bridgehead atoms. The van der Waals surface area contributed by atoms with Crippen LogP contribution < -0.4 is 14.2 Å². The van der Waals surface area contributed by atoms with Crippen LogP contribution in [0, 0.1) is 11.8 Å². The fourth-order valence-electron chi connectivity index (χ4n) is 6.81. The van der Waals surface area contributed by atoms with Crippen LogP contribution >= 0.6 is 0 Å². The Bertz CT molecular complexity index is 939. The van der Waals surface area contributed by atoms with Crippen LogP contribution in [-0.2, 0) is 10.2 Å². The first-order valence-corrected chi connectivity index (χ1v) is 10.1. The van der Waals surface area contributed by atoms with E-state index in [1.165, 1.54) is 0 Å². The smallest absolute Gasteiger partial charge is 0.201 e. The number of hydrogen-bond acceptors (Lipinski definition) is 6. The van der Waals surface area contributed by atoms with Gasteiger partial charge in [0.1, 0.15) is 11.4 Å². The highest BCUT2D eigenvalue weighted by Gasteiger charge is 2.69. The van der Waals surface area contributed by atoms with E-state index in [2.05, 4.69) is 17.9 Å². The van der Waals surface area contributed by atoms with Crippen molar-refractivity contribution in [1.82, 2.24) is 4.90 Å². The van der Waals surface area contributed by atoms with Crippen molar-refractivity contribution in [2.24, 2.45) is 16.8 Å². The summed E-state index contributed by atoms with van der Waals surface area (Å²) in [6, 6.07) is 2.79. The van der Waals surface area contributed by atoms with Crippen LogP contribution in [0.25, 0.3) is 0 Å². The Labute approximate surface area is 165 Å². The van der Waals surface area contributed by atoms with Crippen LogP contribution in [0.3, 0.4) is 0 Å². The largest absolute Gasteiger partial charge is 0.494 e. The second kappa shape index (κ2) is 5.44. The molecule has 0 N–H and O–H groups in total. The number of rotatable bonds is 3. The molecule has 6 nitrogen and oxygen atoms in total. The Hall–Kier alpha value is -2.21. The monoisotopic (exact) mass is 382 g/mol. The predicted octanol–water partition coefficient (Wildman–Crippen LogP) is 3.06. The van der Waals surface area contributed by atoms with Gasteiger partial charge in [-0.25, -0.2) is 4.99 Å². The molecule has 148 valence electrons. The van der Waals surface area contributed by atoms with Gasteiger partial charge in [0, 0.05) is 36.2 Å². The van der Waals surface area contributed by atoms with Gasteiger partial charge in [-0.15, -0.1) is 0 Å². The number of piperidine rings is 3. The Morgan fingerprint density at radius 1 is 1.21 bits per heavy atom. The standard InChI is InChI=1S/C22H26N2O4/c1-5-11-9-24-14-8-22-17(24)6-12(11)13(14)10-28-21(22)23-19-15(25-2)7-16(26-3)20(27-4)18(19)22/h5,7,12-14,17H,6,8-10H2,1-4H3/b11-5+/t12-,13?,14-,17-,22-/m0/s1. The van der Waals surface area contributed by atoms with Gasteiger partial charge < -0.3 is 18.9 Å². The van der Waals surface area contributed by atoms with Crippen LogP contribution in [-0.4, -0.2) is 57.4 Å². The van der Waals surface area contributed by atoms with E-state index in [4.69, 9.17) is 23.9 Å². The zero-order valence-corrected chi connectivity index (χ0v) is 16.8. The summed E-state index contributed by atoms with van der Waals surface area (Å²) in [5.41, 5.74) is 3.26. The van der Waals surface area contributed by atoms with Gasteiger partial charge in [0.15, 0.2) is 11.5 Å². The minimum absolute atomic E-state index is 0.268. The maximum Gasteiger partial charge on any atom is 0.201 e. The first-order chi connectivity index (χ1) is 13.7. The first-order valence-electron chi connectivity index (χ1n) is 10.1. The first kappa shape index (κ1) is 16.7. The maximum absolute atomic E-state index is 6.43. The second-order valence-corrected chi connectivity index (χ2v) is 8.57. The molecule has 0 radical (unpaired) electrons. The average Bonchev–Trinajstić information content (AvgIpc) is 3.10. The number of benzene rings is 1. The van der Waals surface area contributed by atoms with Crippen molar-refractivity contribution in [3.63, 3.8) is 0 Å². The summed E-state index contributed by atoms with van der Waals surface area (Å²) in [5.74, 6) is 4.21. The van der Waals surface area contributed by atoms with Gasteiger partial charge in [-0.2, -0.15) is 0 Å². The molecule has 1 aromatic carbocycles. The van der Waals surface area contributed by atoms with E-state index >= 15 is 0 Å². The number of ether oxygens (including phenoxy) is 4. The molecular weight excluding hydrogens is 356 g/mol. The summed E-state index contributed by atoms with van der Waals surface area (Å²) in [4.78, 5) is 7.71. The highest BCUT2D eigenvalue weighted by molar-refractivity contribution is 6.01. The van der Waals surface area contributed by atoms with E-state index in [1.54, 1.807) is 26.9 Å². The van der Waals surface area contributed by atoms with Gasteiger partial charge >= 0.3 is 0 Å². The predicted molar refractivity (Wildman–Crippen MR) is 105 cm³/mol. The van der Waals surface area contributed by atoms with E-state index in [1.807, 2.05) is 6.07 Å². The Kier molecular flexibility index (Phi) is 3.25. The molecular formula is C22H26N2O4. The number of fused-ring (bicyclic) bond motifs is 2. The van der Waals surface area contributed by atoms with Crippen LogP contribution in [0.1, 0.15) is 25.3 Å². The number of nitrogens with zero attached hydrogens (tertiary/aromatic N) is 2. The van der Waals surface area contributed by atoms with Gasteiger partial charge in [0.05, 0.1) is 33.4 Å². The average molecular weight is 382 g/mol. The normalized spacial score (nSPS) is 39.9. The van der Waals surface area contributed by atoms with Crippen molar-refractivity contribution in [2.45, 2.75) is 37.3 Å². The summed E-state index contributed by atoms with van der Waals surface area (Å²) in [7, 11) is 5.07. The third kappa shape index (κ3) is 1.68. The fraction of sp³-hybridized carbons (Fsp3) is 0.591. The highest BCUT2D eigenvalue weighted by atomic mass is 16.5. The highest BCUT2D eigenvalue weighted by Crippen LogP contribution is 2.66. The molecule has 5 fully saturated rings. The molecule has 0 aromatic heterocycles. The number of methoxy groups -OCH3 is 3. The van der Waals surface area contributed by atoms with Crippen LogP contribution in [0.15, 0.2) is 22.7 Å². The SMILES string of the molecule is C/C=C1\CN2[C@H]3C[C@@H]1C1COC4=Nc5c(OC)cc(OC)c(OC)c5[C@@]43C[C@@H]12. The van der Waals surface area contributed by atoms with Gasteiger partial charge in [-0.3, -0.25) is 4.90 Å². The second-order valence-electron chi connectivity index (χ2n) is 8.57. The summed E-state index contributed by atoms with van der Waals surface area (Å²) in [6.07, 6.45) is 4.51. The molecule has 5 saturated heterocycles. The minimum Gasteiger partial charge on any atom is -0.494 e. The molecule has 28 heavy (non-hydrogen) atoms. The van der Waals surface area contributed by atoms with E-state index in [0.717, 1.165) is 54.6 Å². The lowest BCUT2D eigenvalue weighted by molar-refractivity contribution is -0.0152. The zero-order chi connectivity index (χ0) is 19.2. The molecule has 0 saturated carbocycles. The van der Waals surface area contributed by atoms with Gasteiger partial charge in [-0.05, 0) is 25.7 Å². The lowest BCUT2D eigenvalue weighted by Gasteiger charge is -2.54. The van der Waals surface area contributed by atoms with E-state index in [9.17, 15) is 0 Å². The topological polar surface area (TPSA) is 52.5 Å². The van der Waals surface area contributed by atoms with Crippen molar-refractivity contribution in [2.75, 3.05) is 34.5 Å². The van der Waals surface area contributed by atoms with Crippen molar-refractivity contribution in [3.8, 4) is 17.2 Å². The van der Waals surface area contributed by atoms with Crippen molar-refractivity contribution in [3.05, 3.63) is 23.3 Å². The maximum atomic E-state index is 6.43. The fourth-order valence-corrected chi connectivity index (χ4v) is 6.81. The lowest BCUT2D eigenvalue weighted by Crippen LogP contribution is -2.61. The summed E-state index contributed by atoms with van der Waals surface area (Å²) in [6.45, 7) is 3.99. The quantitative estimate of drug-likeness (QED) is 0.752. The molecule has 0 aliphatic carbocycles. The zero-order valence-electron chi connectivity index (χ0n) is 16.8. The number of aliphatic imine (C=N–C) groups is 1. The van der Waals surface area contributed by atoms with Gasteiger partial charge in [0.2, 0.25) is 5.90 Å². The Balaban J connectivity index is 1.62. The van der Waals surface area contributed by atoms with Gasteiger partial charge in [0.25, 0.3) is 0 Å². The number of hydrogen-bond donors (Lipinski definition) is 0. The molecule has 7 rings (SSSR count). The molecule has 6 heterocycles. The third-order valence-electron chi connectivity index (χ3n) is 7.91. The molecule has 0 amide bonds. The molecule has 1 spiro atoms. The van der Waals surface area contributed by atoms with Crippen LogP contribution in [0.2, 0.25) is 0 Å².